The molecule has 108 valence electrons. The molecule has 21 heavy (non-hydrogen) atoms. The Labute approximate surface area is 127 Å². The SMILES string of the molecule is CC(C)n1c(-c2ccc(N)c(O)c2)nc2cccc(Cl)c21. The molecule has 2 aromatic carbocycles. The molecule has 0 radical (unpaired) electrons. The van der Waals surface area contributed by atoms with Crippen molar-refractivity contribution in [1.29, 1.82) is 0 Å². The van der Waals surface area contributed by atoms with E-state index in [4.69, 9.17) is 17.3 Å². The van der Waals surface area contributed by atoms with Crippen LogP contribution in [0.25, 0.3) is 22.4 Å². The lowest BCUT2D eigenvalue weighted by atomic mass is 10.1. The van der Waals surface area contributed by atoms with Crippen LogP contribution in [0.1, 0.15) is 19.9 Å². The molecular weight excluding hydrogens is 286 g/mol. The first-order valence-electron chi connectivity index (χ1n) is 6.74. The van der Waals surface area contributed by atoms with Crippen LogP contribution in [0.5, 0.6) is 5.75 Å². The summed E-state index contributed by atoms with van der Waals surface area (Å²) in [5, 5.41) is 10.5. The van der Waals surface area contributed by atoms with Gasteiger partial charge in [0.25, 0.3) is 0 Å². The third-order valence-corrected chi connectivity index (χ3v) is 3.77. The lowest BCUT2D eigenvalue weighted by Gasteiger charge is -2.14. The van der Waals surface area contributed by atoms with E-state index in [1.165, 1.54) is 0 Å². The van der Waals surface area contributed by atoms with Crippen LogP contribution in [0, 0.1) is 0 Å². The molecule has 0 fully saturated rings. The highest BCUT2D eigenvalue weighted by Gasteiger charge is 2.17. The van der Waals surface area contributed by atoms with Crippen molar-refractivity contribution in [2.24, 2.45) is 0 Å². The Balaban J connectivity index is 2.34. The minimum atomic E-state index is 0.0564. The van der Waals surface area contributed by atoms with Crippen LogP contribution in [0.3, 0.4) is 0 Å². The van der Waals surface area contributed by atoms with Gasteiger partial charge in [0, 0.05) is 11.6 Å². The van der Waals surface area contributed by atoms with E-state index < -0.39 is 0 Å². The molecule has 1 heterocycles. The largest absolute Gasteiger partial charge is 0.506 e. The van der Waals surface area contributed by atoms with Gasteiger partial charge in [-0.1, -0.05) is 17.7 Å². The molecule has 5 heteroatoms. The fraction of sp³-hybridized carbons (Fsp3) is 0.188. The average molecular weight is 302 g/mol. The van der Waals surface area contributed by atoms with E-state index in [-0.39, 0.29) is 11.8 Å². The summed E-state index contributed by atoms with van der Waals surface area (Å²) in [7, 11) is 0. The van der Waals surface area contributed by atoms with Gasteiger partial charge in [-0.25, -0.2) is 4.98 Å². The number of nitrogens with zero attached hydrogens (tertiary/aromatic N) is 2. The summed E-state index contributed by atoms with van der Waals surface area (Å²) in [6.45, 7) is 4.15. The maximum atomic E-state index is 9.83. The van der Waals surface area contributed by atoms with E-state index in [0.29, 0.717) is 10.7 Å². The zero-order chi connectivity index (χ0) is 15.1. The van der Waals surface area contributed by atoms with Crippen LogP contribution >= 0.6 is 11.6 Å². The van der Waals surface area contributed by atoms with Crippen LogP contribution < -0.4 is 5.73 Å². The number of phenols is 1. The van der Waals surface area contributed by atoms with E-state index in [9.17, 15) is 5.11 Å². The van der Waals surface area contributed by atoms with Crippen molar-refractivity contribution in [3.05, 3.63) is 41.4 Å². The Morgan fingerprint density at radius 2 is 2.00 bits per heavy atom. The van der Waals surface area contributed by atoms with Crippen LogP contribution in [-0.2, 0) is 0 Å². The molecule has 0 bridgehead atoms. The number of phenolic OH excluding ortho intramolecular Hbond substituents is 1. The zero-order valence-electron chi connectivity index (χ0n) is 11.8. The number of nitrogens with two attached hydrogens (primary N) is 1. The van der Waals surface area contributed by atoms with E-state index >= 15 is 0 Å². The van der Waals surface area contributed by atoms with Gasteiger partial charge in [0.05, 0.1) is 21.7 Å². The van der Waals surface area contributed by atoms with Crippen molar-refractivity contribution >= 4 is 28.3 Å². The number of hydrogen-bond acceptors (Lipinski definition) is 3. The second kappa shape index (κ2) is 4.97. The molecule has 3 N–H and O–H groups in total. The Hall–Kier alpha value is -2.20. The molecule has 0 aliphatic heterocycles. The standard InChI is InChI=1S/C16H16ClN3O/c1-9(2)20-15-11(17)4-3-5-13(15)19-16(20)10-6-7-12(18)14(21)8-10/h3-9,21H,18H2,1-2H3. The summed E-state index contributed by atoms with van der Waals surface area (Å²) >= 11 is 6.33. The molecular formula is C16H16ClN3O. The molecule has 0 saturated heterocycles. The van der Waals surface area contributed by atoms with Crippen LogP contribution in [0.4, 0.5) is 5.69 Å². The summed E-state index contributed by atoms with van der Waals surface area (Å²) in [6, 6.07) is 11.0. The number of benzene rings is 2. The highest BCUT2D eigenvalue weighted by molar-refractivity contribution is 6.35. The Bertz CT molecular complexity index is 824. The molecule has 3 rings (SSSR count). The van der Waals surface area contributed by atoms with Crippen molar-refractivity contribution in [3.63, 3.8) is 0 Å². The quantitative estimate of drug-likeness (QED) is 0.550. The van der Waals surface area contributed by atoms with Gasteiger partial charge in [0.15, 0.2) is 0 Å². The molecule has 0 unspecified atom stereocenters. The molecule has 0 aliphatic rings. The summed E-state index contributed by atoms with van der Waals surface area (Å²) in [6.07, 6.45) is 0. The normalized spacial score (nSPS) is 11.4. The van der Waals surface area contributed by atoms with Gasteiger partial charge in [-0.05, 0) is 44.2 Å². The van der Waals surface area contributed by atoms with Crippen LogP contribution in [0.15, 0.2) is 36.4 Å². The molecule has 0 spiro atoms. The minimum Gasteiger partial charge on any atom is -0.506 e. The number of imidazole rings is 1. The van der Waals surface area contributed by atoms with Gasteiger partial charge in [0.1, 0.15) is 11.6 Å². The van der Waals surface area contributed by atoms with Gasteiger partial charge in [-0.15, -0.1) is 0 Å². The van der Waals surface area contributed by atoms with E-state index in [1.54, 1.807) is 12.1 Å². The zero-order valence-corrected chi connectivity index (χ0v) is 12.6. The van der Waals surface area contributed by atoms with Gasteiger partial charge in [0.2, 0.25) is 0 Å². The molecule has 1 aromatic heterocycles. The van der Waals surface area contributed by atoms with E-state index in [1.807, 2.05) is 24.3 Å². The number of rotatable bonds is 2. The summed E-state index contributed by atoms with van der Waals surface area (Å²) in [4.78, 5) is 4.66. The third kappa shape index (κ3) is 2.21. The highest BCUT2D eigenvalue weighted by atomic mass is 35.5. The molecule has 4 nitrogen and oxygen atoms in total. The summed E-state index contributed by atoms with van der Waals surface area (Å²) in [5.41, 5.74) is 8.56. The van der Waals surface area contributed by atoms with Gasteiger partial charge < -0.3 is 15.4 Å². The minimum absolute atomic E-state index is 0.0564. The van der Waals surface area contributed by atoms with Gasteiger partial charge in [-0.3, -0.25) is 0 Å². The first-order chi connectivity index (χ1) is 9.99. The third-order valence-electron chi connectivity index (χ3n) is 3.47. The van der Waals surface area contributed by atoms with E-state index in [0.717, 1.165) is 22.4 Å². The molecule has 0 saturated carbocycles. The molecule has 3 aromatic rings. The Kier molecular flexibility index (Phi) is 3.26. The average Bonchev–Trinajstić information content (AvgIpc) is 2.83. The Morgan fingerprint density at radius 3 is 2.67 bits per heavy atom. The van der Waals surface area contributed by atoms with Crippen molar-refractivity contribution in [2.45, 2.75) is 19.9 Å². The Morgan fingerprint density at radius 1 is 1.24 bits per heavy atom. The number of aromatic nitrogens is 2. The van der Waals surface area contributed by atoms with E-state index in [2.05, 4.69) is 23.4 Å². The van der Waals surface area contributed by atoms with Gasteiger partial charge in [-0.2, -0.15) is 0 Å². The lowest BCUT2D eigenvalue weighted by molar-refractivity contribution is 0.478. The predicted molar refractivity (Wildman–Crippen MR) is 86.6 cm³/mol. The number of halogens is 1. The van der Waals surface area contributed by atoms with Crippen LogP contribution in [0.2, 0.25) is 5.02 Å². The van der Waals surface area contributed by atoms with Crippen molar-refractivity contribution < 1.29 is 5.11 Å². The van der Waals surface area contributed by atoms with Crippen LogP contribution in [-0.4, -0.2) is 14.7 Å². The number of hydrogen-bond donors (Lipinski definition) is 2. The number of anilines is 1. The number of nitrogen functional groups attached to an aromatic ring is 1. The first-order valence-corrected chi connectivity index (χ1v) is 7.12. The fourth-order valence-corrected chi connectivity index (χ4v) is 2.76. The van der Waals surface area contributed by atoms with Gasteiger partial charge >= 0.3 is 0 Å². The fourth-order valence-electron chi connectivity index (χ4n) is 2.50. The monoisotopic (exact) mass is 301 g/mol. The molecule has 0 amide bonds. The van der Waals surface area contributed by atoms with Crippen molar-refractivity contribution in [2.75, 3.05) is 5.73 Å². The summed E-state index contributed by atoms with van der Waals surface area (Å²) in [5.74, 6) is 0.823. The highest BCUT2D eigenvalue weighted by Crippen LogP contribution is 2.34. The molecule has 0 aliphatic carbocycles. The second-order valence-electron chi connectivity index (χ2n) is 5.28. The smallest absolute Gasteiger partial charge is 0.141 e. The number of para-hydroxylation sites is 1. The first kappa shape index (κ1) is 13.8. The van der Waals surface area contributed by atoms with Crippen molar-refractivity contribution in [1.82, 2.24) is 9.55 Å². The predicted octanol–water partition coefficient (Wildman–Crippen LogP) is 4.23. The summed E-state index contributed by atoms with van der Waals surface area (Å²) < 4.78 is 2.07. The maximum Gasteiger partial charge on any atom is 0.141 e. The molecule has 0 atom stereocenters. The van der Waals surface area contributed by atoms with Crippen molar-refractivity contribution in [3.8, 4) is 17.1 Å². The maximum absolute atomic E-state index is 9.83. The number of fused-ring (bicyclic) bond motifs is 1. The number of aromatic hydroxyl groups is 1. The second-order valence-corrected chi connectivity index (χ2v) is 5.69. The lowest BCUT2D eigenvalue weighted by Crippen LogP contribution is -2.03. The topological polar surface area (TPSA) is 64.1 Å².